The lowest BCUT2D eigenvalue weighted by Crippen LogP contribution is -2.60. The molecule has 0 aromatic rings. The molecule has 0 fully saturated rings. The Bertz CT molecular complexity index is 287. The van der Waals surface area contributed by atoms with Gasteiger partial charge in [-0.1, -0.05) is 33.5 Å². The molecule has 1 heterocycles. The Morgan fingerprint density at radius 2 is 1.75 bits per heavy atom. The summed E-state index contributed by atoms with van der Waals surface area (Å²) in [5.74, 6) is 0. The Morgan fingerprint density at radius 3 is 2.12 bits per heavy atom. The molecule has 0 unspecified atom stereocenters. The molecule has 0 amide bonds. The molecule has 0 spiro atoms. The highest BCUT2D eigenvalue weighted by atomic mass is 28.3. The fraction of sp³-hybridized carbons (Fsp3) is 0.769. The average Bonchev–Trinajstić information content (AvgIpc) is 2.13. The molecular weight excluding hydrogens is 212 g/mol. The first-order chi connectivity index (χ1) is 7.24. The standard InChI is InChI=1S/C13H25N2Si/c1-8-11-12(9-2)15(16(5,6)7)13(3,4)10-14-11/h8-9H2,1-7H3. The van der Waals surface area contributed by atoms with Crippen molar-refractivity contribution < 1.29 is 0 Å². The van der Waals surface area contributed by atoms with E-state index in [9.17, 15) is 0 Å². The minimum absolute atomic E-state index is 0.0471. The summed E-state index contributed by atoms with van der Waals surface area (Å²) in [5, 5.41) is 4.53. The van der Waals surface area contributed by atoms with Gasteiger partial charge in [0.15, 0.2) is 0 Å². The van der Waals surface area contributed by atoms with E-state index in [0.717, 1.165) is 12.8 Å². The van der Waals surface area contributed by atoms with Crippen LogP contribution in [0.4, 0.5) is 0 Å². The molecule has 1 rings (SSSR count). The molecule has 2 nitrogen and oxygen atoms in total. The molecule has 1 aliphatic heterocycles. The van der Waals surface area contributed by atoms with Gasteiger partial charge in [0.1, 0.15) is 14.8 Å². The van der Waals surface area contributed by atoms with E-state index in [-0.39, 0.29) is 5.54 Å². The smallest absolute Gasteiger partial charge is 0.148 e. The van der Waals surface area contributed by atoms with Gasteiger partial charge in [-0.2, -0.15) is 0 Å². The molecule has 0 saturated carbocycles. The van der Waals surface area contributed by atoms with Crippen LogP contribution in [0.15, 0.2) is 11.4 Å². The van der Waals surface area contributed by atoms with E-state index in [4.69, 9.17) is 0 Å². The Morgan fingerprint density at radius 1 is 1.19 bits per heavy atom. The maximum absolute atomic E-state index is 4.53. The number of rotatable bonds is 3. The minimum Gasteiger partial charge on any atom is -0.393 e. The molecule has 1 aliphatic rings. The van der Waals surface area contributed by atoms with Crippen molar-refractivity contribution in [2.45, 2.75) is 65.7 Å². The maximum Gasteiger partial charge on any atom is 0.148 e. The van der Waals surface area contributed by atoms with E-state index in [0.29, 0.717) is 0 Å². The normalized spacial score (nSPS) is 21.1. The molecule has 0 aliphatic carbocycles. The lowest BCUT2D eigenvalue weighted by Gasteiger charge is -2.52. The second kappa shape index (κ2) is 4.44. The first-order valence-corrected chi connectivity index (χ1v) is 9.69. The molecule has 0 bridgehead atoms. The van der Waals surface area contributed by atoms with Crippen LogP contribution in [0.1, 0.15) is 40.5 Å². The van der Waals surface area contributed by atoms with E-state index in [1.54, 1.807) is 0 Å². The fourth-order valence-electron chi connectivity index (χ4n) is 2.67. The SMILES string of the molecule is CCC1=C(CC)N([Si](C)(C)C)C(C)(C)[C][N]1. The van der Waals surface area contributed by atoms with Crippen molar-refractivity contribution in [3.63, 3.8) is 0 Å². The van der Waals surface area contributed by atoms with E-state index in [1.165, 1.54) is 11.4 Å². The van der Waals surface area contributed by atoms with Crippen molar-refractivity contribution >= 4 is 8.24 Å². The van der Waals surface area contributed by atoms with E-state index >= 15 is 0 Å². The third kappa shape index (κ3) is 2.45. The summed E-state index contributed by atoms with van der Waals surface area (Å²) in [5.41, 5.74) is 2.61. The van der Waals surface area contributed by atoms with Crippen LogP contribution in [0.5, 0.6) is 0 Å². The third-order valence-corrected chi connectivity index (χ3v) is 5.14. The molecule has 0 atom stereocenters. The Balaban J connectivity index is 3.22. The van der Waals surface area contributed by atoms with Crippen molar-refractivity contribution in [1.29, 1.82) is 0 Å². The van der Waals surface area contributed by atoms with Crippen molar-refractivity contribution in [2.24, 2.45) is 0 Å². The molecule has 3 heteroatoms. The predicted octanol–water partition coefficient (Wildman–Crippen LogP) is 3.59. The van der Waals surface area contributed by atoms with Crippen LogP contribution in [0.25, 0.3) is 0 Å². The number of allylic oxidation sites excluding steroid dienone is 2. The second-order valence-corrected chi connectivity index (χ2v) is 10.7. The van der Waals surface area contributed by atoms with Gasteiger partial charge in [0.2, 0.25) is 0 Å². The van der Waals surface area contributed by atoms with E-state index in [2.05, 4.69) is 63.8 Å². The average molecular weight is 237 g/mol. The zero-order valence-electron chi connectivity index (χ0n) is 11.8. The lowest BCUT2D eigenvalue weighted by molar-refractivity contribution is 0.265. The van der Waals surface area contributed by atoms with Crippen molar-refractivity contribution in [1.82, 2.24) is 9.88 Å². The minimum atomic E-state index is -1.38. The Hall–Kier alpha value is -0.443. The zero-order valence-corrected chi connectivity index (χ0v) is 12.8. The van der Waals surface area contributed by atoms with Crippen LogP contribution >= 0.6 is 0 Å². The second-order valence-electron chi connectivity index (χ2n) is 5.89. The summed E-state index contributed by atoms with van der Waals surface area (Å²) in [7, 11) is -1.38. The van der Waals surface area contributed by atoms with Crippen molar-refractivity contribution in [3.05, 3.63) is 17.9 Å². The van der Waals surface area contributed by atoms with Crippen LogP contribution in [-0.4, -0.2) is 18.3 Å². The molecule has 0 aromatic heterocycles. The van der Waals surface area contributed by atoms with Crippen LogP contribution in [-0.2, 0) is 0 Å². The Kier molecular flexibility index (Phi) is 3.78. The van der Waals surface area contributed by atoms with E-state index < -0.39 is 8.24 Å². The highest BCUT2D eigenvalue weighted by Gasteiger charge is 2.41. The van der Waals surface area contributed by atoms with Crippen LogP contribution < -0.4 is 5.32 Å². The number of hydrogen-bond donors (Lipinski definition) is 0. The molecular formula is C13H25N2Si. The lowest BCUT2D eigenvalue weighted by atomic mass is 10.00. The van der Waals surface area contributed by atoms with Gasteiger partial charge in [-0.25, -0.2) is 0 Å². The largest absolute Gasteiger partial charge is 0.393 e. The summed E-state index contributed by atoms with van der Waals surface area (Å²) >= 11 is 0. The van der Waals surface area contributed by atoms with Crippen LogP contribution in [0, 0.1) is 6.54 Å². The van der Waals surface area contributed by atoms with Crippen molar-refractivity contribution in [3.8, 4) is 0 Å². The zero-order chi connectivity index (χ0) is 12.6. The molecule has 0 saturated heterocycles. The monoisotopic (exact) mass is 237 g/mol. The van der Waals surface area contributed by atoms with Gasteiger partial charge in [-0.3, -0.25) is 5.32 Å². The maximum atomic E-state index is 4.53. The van der Waals surface area contributed by atoms with Crippen molar-refractivity contribution in [2.75, 3.05) is 0 Å². The van der Waals surface area contributed by atoms with Gasteiger partial charge in [0.25, 0.3) is 0 Å². The van der Waals surface area contributed by atoms with Gasteiger partial charge in [-0.05, 0) is 26.7 Å². The Labute approximate surface area is 102 Å². The van der Waals surface area contributed by atoms with Crippen LogP contribution in [0.3, 0.4) is 0 Å². The number of hydrogen-bond acceptors (Lipinski definition) is 1. The van der Waals surface area contributed by atoms with Gasteiger partial charge < -0.3 is 4.57 Å². The van der Waals surface area contributed by atoms with E-state index in [1.807, 2.05) is 0 Å². The molecule has 91 valence electrons. The molecule has 0 N–H and O–H groups in total. The summed E-state index contributed by atoms with van der Waals surface area (Å²) in [6.45, 7) is 19.3. The van der Waals surface area contributed by atoms with Gasteiger partial charge in [0, 0.05) is 5.70 Å². The number of nitrogens with zero attached hydrogens (tertiary/aromatic N) is 2. The molecule has 16 heavy (non-hydrogen) atoms. The van der Waals surface area contributed by atoms with Gasteiger partial charge in [0.05, 0.1) is 11.2 Å². The van der Waals surface area contributed by atoms with Crippen LogP contribution in [0.2, 0.25) is 19.6 Å². The predicted molar refractivity (Wildman–Crippen MR) is 72.2 cm³/mol. The fourth-order valence-corrected chi connectivity index (χ4v) is 5.50. The molecule has 0 aromatic carbocycles. The summed E-state index contributed by atoms with van der Waals surface area (Å²) in [6.07, 6.45) is 2.08. The summed E-state index contributed by atoms with van der Waals surface area (Å²) in [4.78, 5) is 0. The topological polar surface area (TPSA) is 17.3 Å². The first-order valence-electron chi connectivity index (χ1n) is 6.24. The highest BCUT2D eigenvalue weighted by Crippen LogP contribution is 2.36. The van der Waals surface area contributed by atoms with Gasteiger partial charge >= 0.3 is 0 Å². The third-order valence-electron chi connectivity index (χ3n) is 2.97. The van der Waals surface area contributed by atoms with Gasteiger partial charge in [-0.15, -0.1) is 0 Å². The summed E-state index contributed by atoms with van der Waals surface area (Å²) < 4.78 is 2.60. The molecule has 3 radical (unpaired) electrons. The quantitative estimate of drug-likeness (QED) is 0.686. The summed E-state index contributed by atoms with van der Waals surface area (Å²) in [6, 6.07) is 0. The highest BCUT2D eigenvalue weighted by molar-refractivity contribution is 6.73. The first kappa shape index (κ1) is 13.6.